The first-order chi connectivity index (χ1) is 19.5. The van der Waals surface area contributed by atoms with Crippen LogP contribution in [0.3, 0.4) is 0 Å². The van der Waals surface area contributed by atoms with Crippen LogP contribution in [0.2, 0.25) is 0 Å². The summed E-state index contributed by atoms with van der Waals surface area (Å²) >= 11 is 0. The molecule has 212 valence electrons. The molecule has 2 aliphatic rings. The van der Waals surface area contributed by atoms with E-state index >= 15 is 0 Å². The zero-order valence-electron chi connectivity index (χ0n) is 23.3. The van der Waals surface area contributed by atoms with Crippen molar-refractivity contribution < 1.29 is 4.74 Å². The van der Waals surface area contributed by atoms with E-state index < -0.39 is 5.69 Å². The Bertz CT molecular complexity index is 1650. The van der Waals surface area contributed by atoms with Crippen molar-refractivity contribution in [3.8, 4) is 0 Å². The summed E-state index contributed by atoms with van der Waals surface area (Å²) in [5, 5.41) is 0.936. The van der Waals surface area contributed by atoms with E-state index in [1.165, 1.54) is 9.13 Å². The fraction of sp³-hybridized carbons (Fsp3) is 0.536. The molecule has 1 unspecified atom stereocenters. The first-order valence-corrected chi connectivity index (χ1v) is 14.2. The Hall–Kier alpha value is -3.77. The summed E-state index contributed by atoms with van der Waals surface area (Å²) in [5.74, 6) is 1.92. The van der Waals surface area contributed by atoms with Gasteiger partial charge in [-0.05, 0) is 31.4 Å². The molecule has 1 atom stereocenters. The van der Waals surface area contributed by atoms with Gasteiger partial charge in [0.25, 0.3) is 5.56 Å². The highest BCUT2D eigenvalue weighted by Gasteiger charge is 2.27. The Kier molecular flexibility index (Phi) is 7.28. The zero-order valence-corrected chi connectivity index (χ0v) is 23.3. The van der Waals surface area contributed by atoms with E-state index in [9.17, 15) is 9.59 Å². The van der Waals surface area contributed by atoms with Crippen molar-refractivity contribution in [3.05, 3.63) is 50.9 Å². The van der Waals surface area contributed by atoms with Crippen LogP contribution in [0, 0.1) is 0 Å². The largest absolute Gasteiger partial charge is 0.378 e. The number of anilines is 2. The lowest BCUT2D eigenvalue weighted by Gasteiger charge is -2.31. The van der Waals surface area contributed by atoms with E-state index in [2.05, 4.69) is 16.7 Å². The monoisotopic (exact) mass is 547 g/mol. The number of morpholine rings is 1. The van der Waals surface area contributed by atoms with Crippen LogP contribution in [0.4, 0.5) is 11.8 Å². The smallest absolute Gasteiger partial charge is 0.332 e. The molecule has 0 bridgehead atoms. The molecule has 0 aliphatic carbocycles. The molecule has 12 nitrogen and oxygen atoms in total. The van der Waals surface area contributed by atoms with Crippen molar-refractivity contribution in [2.24, 2.45) is 12.8 Å². The normalized spacial score (nSPS) is 18.2. The number of hydrogen-bond acceptors (Lipinski definition) is 9. The van der Waals surface area contributed by atoms with Crippen LogP contribution in [0.25, 0.3) is 22.1 Å². The maximum atomic E-state index is 14.1. The quantitative estimate of drug-likeness (QED) is 0.365. The number of rotatable bonds is 7. The predicted octanol–water partition coefficient (Wildman–Crippen LogP) is 1.45. The van der Waals surface area contributed by atoms with Crippen molar-refractivity contribution >= 4 is 33.8 Å². The molecular formula is C28H37N9O3. The van der Waals surface area contributed by atoms with E-state index in [0.29, 0.717) is 62.3 Å². The van der Waals surface area contributed by atoms with Gasteiger partial charge < -0.3 is 24.8 Å². The van der Waals surface area contributed by atoms with Crippen LogP contribution < -0.4 is 26.8 Å². The highest BCUT2D eigenvalue weighted by atomic mass is 16.5. The third-order valence-electron chi connectivity index (χ3n) is 7.93. The highest BCUT2D eigenvalue weighted by Crippen LogP contribution is 2.26. The number of benzene rings is 1. The molecule has 2 fully saturated rings. The lowest BCUT2D eigenvalue weighted by Crippen LogP contribution is -2.44. The number of hydrogen-bond donors (Lipinski definition) is 1. The van der Waals surface area contributed by atoms with Crippen LogP contribution in [-0.2, 0) is 24.9 Å². The average Bonchev–Trinajstić information content (AvgIpc) is 3.37. The summed E-state index contributed by atoms with van der Waals surface area (Å²) in [6, 6.07) is 7.89. The molecule has 2 N–H and O–H groups in total. The number of nitrogens with two attached hydrogens (primary N) is 1. The highest BCUT2D eigenvalue weighted by molar-refractivity contribution is 5.89. The molecule has 2 aliphatic heterocycles. The maximum absolute atomic E-state index is 14.1. The standard InChI is InChI=1S/C28H37N9O3/c1-3-4-12-36-23-25(32-27(36)35-11-7-8-19(29)17-35)33(2)28(39)37(26(23)38)18-22-30-21-10-6-5-9-20(21)24(31-22)34-13-15-40-16-14-34/h5-6,9-10,19H,3-4,7-8,11-18,29H2,1-2H3. The second-order valence-corrected chi connectivity index (χ2v) is 10.8. The minimum Gasteiger partial charge on any atom is -0.378 e. The summed E-state index contributed by atoms with van der Waals surface area (Å²) in [6.45, 7) is 6.88. The van der Waals surface area contributed by atoms with E-state index in [4.69, 9.17) is 25.4 Å². The molecule has 0 saturated carbocycles. The van der Waals surface area contributed by atoms with E-state index in [1.54, 1.807) is 7.05 Å². The molecule has 4 aromatic rings. The van der Waals surface area contributed by atoms with E-state index in [-0.39, 0.29) is 18.1 Å². The lowest BCUT2D eigenvalue weighted by molar-refractivity contribution is 0.122. The molecular weight excluding hydrogens is 510 g/mol. The first kappa shape index (κ1) is 26.5. The summed E-state index contributed by atoms with van der Waals surface area (Å²) < 4.78 is 10.2. The van der Waals surface area contributed by atoms with Crippen LogP contribution in [0.15, 0.2) is 33.9 Å². The van der Waals surface area contributed by atoms with Gasteiger partial charge in [-0.25, -0.2) is 14.8 Å². The van der Waals surface area contributed by atoms with Gasteiger partial charge >= 0.3 is 5.69 Å². The van der Waals surface area contributed by atoms with Gasteiger partial charge in [-0.1, -0.05) is 25.5 Å². The lowest BCUT2D eigenvalue weighted by atomic mass is 10.1. The average molecular weight is 548 g/mol. The number of fused-ring (bicyclic) bond motifs is 2. The Morgan fingerprint density at radius 1 is 1.02 bits per heavy atom. The zero-order chi connectivity index (χ0) is 27.8. The number of ether oxygens (including phenoxy) is 1. The van der Waals surface area contributed by atoms with Gasteiger partial charge in [0.2, 0.25) is 5.95 Å². The van der Waals surface area contributed by atoms with Gasteiger partial charge in [0.05, 0.1) is 25.3 Å². The SMILES string of the molecule is CCCCn1c(N2CCCC(N)C2)nc2c1c(=O)n(Cc1nc(N3CCOCC3)c3ccccc3n1)c(=O)n2C. The van der Waals surface area contributed by atoms with Gasteiger partial charge in [-0.3, -0.25) is 13.9 Å². The van der Waals surface area contributed by atoms with Gasteiger partial charge in [0.1, 0.15) is 5.82 Å². The third kappa shape index (κ3) is 4.75. The molecule has 0 radical (unpaired) electrons. The summed E-state index contributed by atoms with van der Waals surface area (Å²) in [5.41, 5.74) is 7.06. The molecule has 1 aromatic carbocycles. The molecule has 6 rings (SSSR count). The van der Waals surface area contributed by atoms with Gasteiger partial charge in [-0.15, -0.1) is 0 Å². The van der Waals surface area contributed by atoms with Crippen LogP contribution in [0.1, 0.15) is 38.4 Å². The molecule has 40 heavy (non-hydrogen) atoms. The van der Waals surface area contributed by atoms with Crippen molar-refractivity contribution in [2.45, 2.75) is 51.7 Å². The Labute approximate surface area is 232 Å². The molecule has 0 spiro atoms. The third-order valence-corrected chi connectivity index (χ3v) is 7.93. The molecule has 5 heterocycles. The summed E-state index contributed by atoms with van der Waals surface area (Å²) in [4.78, 5) is 46.4. The first-order valence-electron chi connectivity index (χ1n) is 14.2. The fourth-order valence-electron chi connectivity index (χ4n) is 5.80. The van der Waals surface area contributed by atoms with Crippen molar-refractivity contribution in [1.82, 2.24) is 28.7 Å². The Balaban J connectivity index is 1.48. The number of nitrogens with zero attached hydrogens (tertiary/aromatic N) is 8. The van der Waals surface area contributed by atoms with E-state index in [0.717, 1.165) is 48.9 Å². The number of imidazole rings is 1. The minimum atomic E-state index is -0.441. The van der Waals surface area contributed by atoms with E-state index in [1.807, 2.05) is 28.8 Å². The van der Waals surface area contributed by atoms with Crippen molar-refractivity contribution in [3.63, 3.8) is 0 Å². The number of unbranched alkanes of at least 4 members (excludes halogenated alkanes) is 1. The van der Waals surface area contributed by atoms with Gasteiger partial charge in [0, 0.05) is 51.2 Å². The second-order valence-electron chi connectivity index (χ2n) is 10.8. The van der Waals surface area contributed by atoms with Crippen molar-refractivity contribution in [1.29, 1.82) is 0 Å². The fourth-order valence-corrected chi connectivity index (χ4v) is 5.80. The van der Waals surface area contributed by atoms with Crippen molar-refractivity contribution in [2.75, 3.05) is 49.2 Å². The number of aromatic nitrogens is 6. The topological polar surface area (TPSA) is 129 Å². The number of para-hydroxylation sites is 1. The molecule has 2 saturated heterocycles. The number of piperidine rings is 1. The summed E-state index contributed by atoms with van der Waals surface area (Å²) in [6.07, 6.45) is 3.78. The predicted molar refractivity (Wildman–Crippen MR) is 155 cm³/mol. The van der Waals surface area contributed by atoms with Gasteiger partial charge in [0.15, 0.2) is 17.0 Å². The minimum absolute atomic E-state index is 0.0352. The molecule has 3 aromatic heterocycles. The van der Waals surface area contributed by atoms with Crippen LogP contribution >= 0.6 is 0 Å². The molecule has 12 heteroatoms. The Morgan fingerprint density at radius 2 is 1.82 bits per heavy atom. The molecule has 0 amide bonds. The van der Waals surface area contributed by atoms with Gasteiger partial charge in [-0.2, -0.15) is 4.98 Å². The Morgan fingerprint density at radius 3 is 2.60 bits per heavy atom. The maximum Gasteiger partial charge on any atom is 0.332 e. The van der Waals surface area contributed by atoms with Crippen LogP contribution in [0.5, 0.6) is 0 Å². The number of aryl methyl sites for hydroxylation is 2. The summed E-state index contributed by atoms with van der Waals surface area (Å²) in [7, 11) is 1.67. The second kappa shape index (κ2) is 11.0. The van der Waals surface area contributed by atoms with Crippen LogP contribution in [-0.4, -0.2) is 74.1 Å².